The first kappa shape index (κ1) is 14.5. The van der Waals surface area contributed by atoms with Crippen molar-refractivity contribution in [3.05, 3.63) is 65.2 Å². The van der Waals surface area contributed by atoms with Gasteiger partial charge in [0.05, 0.1) is 11.8 Å². The van der Waals surface area contributed by atoms with E-state index in [0.29, 0.717) is 17.8 Å². The van der Waals surface area contributed by atoms with Crippen LogP contribution in [0.4, 0.5) is 14.5 Å². The van der Waals surface area contributed by atoms with Crippen molar-refractivity contribution in [1.82, 2.24) is 0 Å². The molecule has 2 nitrogen and oxygen atoms in total. The predicted octanol–water partition coefficient (Wildman–Crippen LogP) is 3.65. The van der Waals surface area contributed by atoms with Crippen LogP contribution in [0.15, 0.2) is 42.5 Å². The summed E-state index contributed by atoms with van der Waals surface area (Å²) in [5.74, 6) is -0.720. The zero-order valence-electron chi connectivity index (χ0n) is 11.5. The van der Waals surface area contributed by atoms with Gasteiger partial charge in [0, 0.05) is 19.2 Å². The first-order chi connectivity index (χ1) is 9.49. The second-order valence-corrected chi connectivity index (χ2v) is 4.84. The molecule has 0 unspecified atom stereocenters. The highest BCUT2D eigenvalue weighted by atomic mass is 19.1. The molecule has 1 N–H and O–H groups in total. The molecule has 106 valence electrons. The Bertz CT molecular complexity index is 599. The molecule has 0 saturated carbocycles. The quantitative estimate of drug-likeness (QED) is 0.922. The van der Waals surface area contributed by atoms with Gasteiger partial charge < -0.3 is 10.0 Å². The Balaban J connectivity index is 2.31. The van der Waals surface area contributed by atoms with E-state index in [9.17, 15) is 13.9 Å². The van der Waals surface area contributed by atoms with E-state index in [1.165, 1.54) is 18.2 Å². The smallest absolute Gasteiger partial charge is 0.146 e. The van der Waals surface area contributed by atoms with Crippen molar-refractivity contribution in [2.24, 2.45) is 0 Å². The normalized spacial score (nSPS) is 12.2. The van der Waals surface area contributed by atoms with Gasteiger partial charge in [-0.15, -0.1) is 0 Å². The largest absolute Gasteiger partial charge is 0.389 e. The van der Waals surface area contributed by atoms with Gasteiger partial charge in [0.25, 0.3) is 0 Å². The van der Waals surface area contributed by atoms with Crippen molar-refractivity contribution in [2.75, 3.05) is 11.9 Å². The number of halogens is 2. The van der Waals surface area contributed by atoms with Gasteiger partial charge in [0.2, 0.25) is 0 Å². The van der Waals surface area contributed by atoms with Crippen LogP contribution >= 0.6 is 0 Å². The van der Waals surface area contributed by atoms with Gasteiger partial charge in [-0.05, 0) is 30.7 Å². The van der Waals surface area contributed by atoms with E-state index in [1.54, 1.807) is 43.1 Å². The highest BCUT2D eigenvalue weighted by Crippen LogP contribution is 2.29. The zero-order chi connectivity index (χ0) is 14.7. The average Bonchev–Trinajstić information content (AvgIpc) is 2.38. The average molecular weight is 277 g/mol. The van der Waals surface area contributed by atoms with E-state index < -0.39 is 11.9 Å². The summed E-state index contributed by atoms with van der Waals surface area (Å²) >= 11 is 0. The van der Waals surface area contributed by atoms with E-state index in [0.717, 1.165) is 5.56 Å². The second-order valence-electron chi connectivity index (χ2n) is 4.84. The van der Waals surface area contributed by atoms with Gasteiger partial charge in [-0.2, -0.15) is 0 Å². The molecular weight excluding hydrogens is 260 g/mol. The van der Waals surface area contributed by atoms with E-state index >= 15 is 0 Å². The predicted molar refractivity (Wildman–Crippen MR) is 75.5 cm³/mol. The third kappa shape index (κ3) is 3.14. The van der Waals surface area contributed by atoms with Crippen molar-refractivity contribution in [1.29, 1.82) is 0 Å². The monoisotopic (exact) mass is 277 g/mol. The first-order valence-electron chi connectivity index (χ1n) is 6.41. The SMILES string of the molecule is C[C@H](O)c1cccc(F)c1N(C)Cc1cccc(F)c1. The maximum Gasteiger partial charge on any atom is 0.146 e. The van der Waals surface area contributed by atoms with Crippen LogP contribution in [0.25, 0.3) is 0 Å². The molecule has 2 aromatic rings. The van der Waals surface area contributed by atoms with Crippen LogP contribution < -0.4 is 4.90 Å². The number of anilines is 1. The summed E-state index contributed by atoms with van der Waals surface area (Å²) in [6.07, 6.45) is -0.768. The maximum atomic E-state index is 14.0. The minimum absolute atomic E-state index is 0.319. The fraction of sp³-hybridized carbons (Fsp3) is 0.250. The lowest BCUT2D eigenvalue weighted by Gasteiger charge is -2.24. The Morgan fingerprint density at radius 2 is 1.85 bits per heavy atom. The standard InChI is InChI=1S/C16H17F2NO/c1-11(20)14-7-4-8-15(18)16(14)19(2)10-12-5-3-6-13(17)9-12/h3-9,11,20H,10H2,1-2H3/t11-/m0/s1. The molecule has 0 aliphatic rings. The summed E-state index contributed by atoms with van der Waals surface area (Å²) in [6, 6.07) is 10.8. The van der Waals surface area contributed by atoms with Crippen molar-refractivity contribution in [3.63, 3.8) is 0 Å². The molecule has 0 radical (unpaired) electrons. The number of rotatable bonds is 4. The second kappa shape index (κ2) is 6.01. The molecule has 0 heterocycles. The molecule has 0 bridgehead atoms. The minimum Gasteiger partial charge on any atom is -0.389 e. The number of nitrogens with zero attached hydrogens (tertiary/aromatic N) is 1. The van der Waals surface area contributed by atoms with Gasteiger partial charge in [-0.25, -0.2) is 8.78 Å². The molecule has 0 aliphatic carbocycles. The summed E-state index contributed by atoms with van der Waals surface area (Å²) in [7, 11) is 1.72. The lowest BCUT2D eigenvalue weighted by atomic mass is 10.1. The van der Waals surface area contributed by atoms with Crippen molar-refractivity contribution < 1.29 is 13.9 Å². The number of benzene rings is 2. The summed E-state index contributed by atoms with van der Waals surface area (Å²) in [5.41, 5.74) is 1.60. The Morgan fingerprint density at radius 1 is 1.15 bits per heavy atom. The third-order valence-corrected chi connectivity index (χ3v) is 3.16. The number of hydrogen-bond acceptors (Lipinski definition) is 2. The molecule has 0 saturated heterocycles. The van der Waals surface area contributed by atoms with Crippen molar-refractivity contribution in [2.45, 2.75) is 19.6 Å². The molecule has 0 aromatic heterocycles. The molecular formula is C16H17F2NO. The number of hydrogen-bond donors (Lipinski definition) is 1. The number of aliphatic hydroxyl groups excluding tert-OH is 1. The number of aliphatic hydroxyl groups is 1. The lowest BCUT2D eigenvalue weighted by Crippen LogP contribution is -2.20. The van der Waals surface area contributed by atoms with E-state index in [1.807, 2.05) is 0 Å². The number of para-hydroxylation sites is 1. The van der Waals surface area contributed by atoms with Crippen LogP contribution in [-0.4, -0.2) is 12.2 Å². The van der Waals surface area contributed by atoms with Gasteiger partial charge in [0.15, 0.2) is 0 Å². The van der Waals surface area contributed by atoms with Crippen LogP contribution in [0.1, 0.15) is 24.2 Å². The summed E-state index contributed by atoms with van der Waals surface area (Å²) in [4.78, 5) is 1.67. The molecule has 1 atom stereocenters. The Morgan fingerprint density at radius 3 is 2.50 bits per heavy atom. The zero-order valence-corrected chi connectivity index (χ0v) is 11.5. The Labute approximate surface area is 117 Å². The van der Waals surface area contributed by atoms with Crippen LogP contribution in [0.2, 0.25) is 0 Å². The molecule has 2 rings (SSSR count). The highest BCUT2D eigenvalue weighted by Gasteiger charge is 2.16. The van der Waals surface area contributed by atoms with E-state index in [4.69, 9.17) is 0 Å². The first-order valence-corrected chi connectivity index (χ1v) is 6.41. The van der Waals surface area contributed by atoms with Crippen molar-refractivity contribution in [3.8, 4) is 0 Å². The fourth-order valence-corrected chi connectivity index (χ4v) is 2.26. The van der Waals surface area contributed by atoms with Gasteiger partial charge >= 0.3 is 0 Å². The molecule has 0 fully saturated rings. The summed E-state index contributed by atoms with van der Waals surface area (Å²) in [5, 5.41) is 9.73. The van der Waals surface area contributed by atoms with Crippen LogP contribution in [0.3, 0.4) is 0 Å². The molecule has 0 amide bonds. The van der Waals surface area contributed by atoms with Crippen LogP contribution in [0, 0.1) is 11.6 Å². The molecule has 20 heavy (non-hydrogen) atoms. The third-order valence-electron chi connectivity index (χ3n) is 3.16. The van der Waals surface area contributed by atoms with E-state index in [2.05, 4.69) is 0 Å². The molecule has 0 aliphatic heterocycles. The minimum atomic E-state index is -0.768. The van der Waals surface area contributed by atoms with Gasteiger partial charge in [0.1, 0.15) is 11.6 Å². The van der Waals surface area contributed by atoms with E-state index in [-0.39, 0.29) is 5.82 Å². The Hall–Kier alpha value is -1.94. The highest BCUT2D eigenvalue weighted by molar-refractivity contribution is 5.55. The molecule has 2 aromatic carbocycles. The lowest BCUT2D eigenvalue weighted by molar-refractivity contribution is 0.199. The molecule has 4 heteroatoms. The van der Waals surface area contributed by atoms with Crippen LogP contribution in [0.5, 0.6) is 0 Å². The summed E-state index contributed by atoms with van der Waals surface area (Å²) in [6.45, 7) is 1.95. The Kier molecular flexibility index (Phi) is 4.35. The van der Waals surface area contributed by atoms with Crippen LogP contribution in [-0.2, 0) is 6.54 Å². The summed E-state index contributed by atoms with van der Waals surface area (Å²) < 4.78 is 27.2. The van der Waals surface area contributed by atoms with Gasteiger partial charge in [-0.3, -0.25) is 0 Å². The fourth-order valence-electron chi connectivity index (χ4n) is 2.26. The molecule has 0 spiro atoms. The topological polar surface area (TPSA) is 23.5 Å². The van der Waals surface area contributed by atoms with Gasteiger partial charge in [-0.1, -0.05) is 24.3 Å². The maximum absolute atomic E-state index is 14.0. The van der Waals surface area contributed by atoms with Crippen molar-refractivity contribution >= 4 is 5.69 Å².